The minimum absolute atomic E-state index is 0.0268. The van der Waals surface area contributed by atoms with Gasteiger partial charge in [0.05, 0.1) is 12.0 Å². The van der Waals surface area contributed by atoms with Gasteiger partial charge in [-0.1, -0.05) is 6.07 Å². The van der Waals surface area contributed by atoms with Crippen LogP contribution in [0, 0.1) is 0 Å². The van der Waals surface area contributed by atoms with Crippen LogP contribution in [0.25, 0.3) is 0 Å². The number of methoxy groups -OCH3 is 1. The average molecular weight is 450 g/mol. The van der Waals surface area contributed by atoms with Crippen LogP contribution in [0.2, 0.25) is 0 Å². The molecular formula is C20H23N3O5S2. The smallest absolute Gasteiger partial charge is 0.264 e. The lowest BCUT2D eigenvalue weighted by molar-refractivity contribution is 0.0538. The molecule has 0 radical (unpaired) electrons. The Hall–Kier alpha value is -2.43. The van der Waals surface area contributed by atoms with Crippen molar-refractivity contribution in [3.63, 3.8) is 0 Å². The average Bonchev–Trinajstić information content (AvgIpc) is 3.39. The van der Waals surface area contributed by atoms with E-state index in [9.17, 15) is 18.0 Å². The Labute approximate surface area is 179 Å². The summed E-state index contributed by atoms with van der Waals surface area (Å²) in [5, 5.41) is 1.86. The first-order chi connectivity index (χ1) is 14.4. The second-order valence-electron chi connectivity index (χ2n) is 7.32. The molecule has 1 saturated carbocycles. The number of thiophene rings is 1. The van der Waals surface area contributed by atoms with E-state index < -0.39 is 10.0 Å². The largest absolute Gasteiger partial charge is 0.495 e. The molecule has 1 aliphatic heterocycles. The summed E-state index contributed by atoms with van der Waals surface area (Å²) < 4.78 is 33.2. The van der Waals surface area contributed by atoms with Gasteiger partial charge in [-0.25, -0.2) is 13.1 Å². The van der Waals surface area contributed by atoms with Gasteiger partial charge >= 0.3 is 0 Å². The van der Waals surface area contributed by atoms with Crippen LogP contribution in [0.1, 0.15) is 32.9 Å². The van der Waals surface area contributed by atoms with Crippen molar-refractivity contribution >= 4 is 33.2 Å². The summed E-state index contributed by atoms with van der Waals surface area (Å²) in [5.41, 5.74) is 0.282. The van der Waals surface area contributed by atoms with Gasteiger partial charge in [-0.3, -0.25) is 9.59 Å². The number of carbonyl (C=O) groups excluding carboxylic acids is 2. The third-order valence-corrected chi connectivity index (χ3v) is 7.58. The highest BCUT2D eigenvalue weighted by Crippen LogP contribution is 2.29. The van der Waals surface area contributed by atoms with E-state index in [1.165, 1.54) is 30.6 Å². The number of sulfonamides is 1. The third kappa shape index (κ3) is 4.35. The van der Waals surface area contributed by atoms with Crippen molar-refractivity contribution < 1.29 is 22.7 Å². The van der Waals surface area contributed by atoms with Gasteiger partial charge in [0, 0.05) is 37.8 Å². The van der Waals surface area contributed by atoms with Gasteiger partial charge in [-0.15, -0.1) is 11.3 Å². The fourth-order valence-corrected chi connectivity index (χ4v) is 5.55. The summed E-state index contributed by atoms with van der Waals surface area (Å²) in [7, 11) is -2.37. The lowest BCUT2D eigenvalue weighted by Crippen LogP contribution is -2.50. The van der Waals surface area contributed by atoms with E-state index in [1.54, 1.807) is 21.9 Å². The summed E-state index contributed by atoms with van der Waals surface area (Å²) in [6.45, 7) is 1.66. The fraction of sp³-hybridized carbons (Fsp3) is 0.400. The molecule has 1 aromatic heterocycles. The van der Waals surface area contributed by atoms with Crippen LogP contribution in [0.3, 0.4) is 0 Å². The molecule has 1 saturated heterocycles. The van der Waals surface area contributed by atoms with Gasteiger partial charge in [-0.05, 0) is 42.5 Å². The van der Waals surface area contributed by atoms with E-state index in [0.29, 0.717) is 31.1 Å². The number of carbonyl (C=O) groups is 2. The highest BCUT2D eigenvalue weighted by atomic mass is 32.2. The molecule has 10 heteroatoms. The Morgan fingerprint density at radius 3 is 2.30 bits per heavy atom. The van der Waals surface area contributed by atoms with Crippen molar-refractivity contribution in [3.05, 3.63) is 46.2 Å². The first-order valence-electron chi connectivity index (χ1n) is 9.71. The number of nitrogens with one attached hydrogen (secondary N) is 1. The number of hydrogen-bond acceptors (Lipinski definition) is 6. The zero-order valence-electron chi connectivity index (χ0n) is 16.5. The third-order valence-electron chi connectivity index (χ3n) is 5.19. The first kappa shape index (κ1) is 20.8. The SMILES string of the molecule is COc1ccc(C(=O)N2CCN(C(=O)c3cccs3)CC2)cc1S(=O)(=O)NC1CC1. The number of rotatable bonds is 6. The van der Waals surface area contributed by atoms with E-state index in [-0.39, 0.29) is 34.1 Å². The van der Waals surface area contributed by atoms with E-state index in [4.69, 9.17) is 4.74 Å². The molecule has 2 heterocycles. The zero-order valence-corrected chi connectivity index (χ0v) is 18.2. The van der Waals surface area contributed by atoms with E-state index in [1.807, 2.05) is 11.4 Å². The minimum Gasteiger partial charge on any atom is -0.495 e. The molecule has 2 amide bonds. The number of hydrogen-bond donors (Lipinski definition) is 1. The van der Waals surface area contributed by atoms with Gasteiger partial charge in [-0.2, -0.15) is 0 Å². The highest BCUT2D eigenvalue weighted by Gasteiger charge is 2.31. The molecule has 0 atom stereocenters. The van der Waals surface area contributed by atoms with Crippen LogP contribution in [0.5, 0.6) is 5.75 Å². The Morgan fingerprint density at radius 2 is 1.73 bits per heavy atom. The number of nitrogens with zero attached hydrogens (tertiary/aromatic N) is 2. The predicted molar refractivity (Wildman–Crippen MR) is 112 cm³/mol. The number of ether oxygens (including phenoxy) is 1. The van der Waals surface area contributed by atoms with E-state index in [2.05, 4.69) is 4.72 Å². The standard InChI is InChI=1S/C20H23N3O5S2/c1-28-16-7-4-14(13-18(16)30(26,27)21-15-5-6-15)19(24)22-8-10-23(11-9-22)20(25)17-3-2-12-29-17/h2-4,7,12-13,15,21H,5-6,8-11H2,1H3. The molecule has 30 heavy (non-hydrogen) atoms. The molecule has 2 aromatic rings. The molecule has 0 bridgehead atoms. The summed E-state index contributed by atoms with van der Waals surface area (Å²) in [5.74, 6) is -0.0871. The summed E-state index contributed by atoms with van der Waals surface area (Å²) in [6, 6.07) is 8.03. The molecule has 4 rings (SSSR count). The zero-order chi connectivity index (χ0) is 21.3. The van der Waals surface area contributed by atoms with Crippen molar-refractivity contribution in [2.75, 3.05) is 33.3 Å². The van der Waals surface area contributed by atoms with Crippen molar-refractivity contribution in [2.45, 2.75) is 23.8 Å². The summed E-state index contributed by atoms with van der Waals surface area (Å²) in [6.07, 6.45) is 1.63. The van der Waals surface area contributed by atoms with Gasteiger partial charge in [0.1, 0.15) is 10.6 Å². The Balaban J connectivity index is 1.47. The Bertz CT molecular complexity index is 1040. The number of piperazine rings is 1. The quantitative estimate of drug-likeness (QED) is 0.726. The second-order valence-corrected chi connectivity index (χ2v) is 9.95. The van der Waals surface area contributed by atoms with Crippen LogP contribution in [0.4, 0.5) is 0 Å². The number of benzene rings is 1. The molecule has 0 unspecified atom stereocenters. The summed E-state index contributed by atoms with van der Waals surface area (Å²) in [4.78, 5) is 29.5. The maximum Gasteiger partial charge on any atom is 0.264 e. The minimum atomic E-state index is -3.77. The lowest BCUT2D eigenvalue weighted by atomic mass is 10.1. The first-order valence-corrected chi connectivity index (χ1v) is 12.1. The van der Waals surface area contributed by atoms with Crippen LogP contribution < -0.4 is 9.46 Å². The van der Waals surface area contributed by atoms with Crippen molar-refractivity contribution in [3.8, 4) is 5.75 Å². The molecule has 2 fully saturated rings. The molecule has 1 aromatic carbocycles. The van der Waals surface area contributed by atoms with Crippen LogP contribution in [-0.4, -0.2) is 69.4 Å². The van der Waals surface area contributed by atoms with Crippen molar-refractivity contribution in [1.29, 1.82) is 0 Å². The van der Waals surface area contributed by atoms with Crippen LogP contribution in [-0.2, 0) is 10.0 Å². The molecule has 2 aliphatic rings. The molecule has 1 aliphatic carbocycles. The summed E-state index contributed by atoms with van der Waals surface area (Å²) >= 11 is 1.40. The molecule has 0 spiro atoms. The Kier molecular flexibility index (Phi) is 5.81. The van der Waals surface area contributed by atoms with Crippen molar-refractivity contribution in [2.24, 2.45) is 0 Å². The molecule has 160 valence electrons. The predicted octanol–water partition coefficient (Wildman–Crippen LogP) is 1.80. The lowest BCUT2D eigenvalue weighted by Gasteiger charge is -2.34. The molecular weight excluding hydrogens is 426 g/mol. The monoisotopic (exact) mass is 449 g/mol. The normalized spacial score (nSPS) is 17.1. The van der Waals surface area contributed by atoms with E-state index >= 15 is 0 Å². The van der Waals surface area contributed by atoms with Crippen molar-refractivity contribution in [1.82, 2.24) is 14.5 Å². The van der Waals surface area contributed by atoms with Gasteiger partial charge in [0.15, 0.2) is 0 Å². The maximum absolute atomic E-state index is 13.0. The van der Waals surface area contributed by atoms with Crippen LogP contribution >= 0.6 is 11.3 Å². The van der Waals surface area contributed by atoms with Gasteiger partial charge < -0.3 is 14.5 Å². The fourth-order valence-electron chi connectivity index (χ4n) is 3.36. The molecule has 8 nitrogen and oxygen atoms in total. The topological polar surface area (TPSA) is 96.0 Å². The van der Waals surface area contributed by atoms with E-state index in [0.717, 1.165) is 12.8 Å². The maximum atomic E-state index is 13.0. The van der Waals surface area contributed by atoms with Gasteiger partial charge in [0.2, 0.25) is 10.0 Å². The second kappa shape index (κ2) is 8.37. The number of amides is 2. The van der Waals surface area contributed by atoms with Gasteiger partial charge in [0.25, 0.3) is 11.8 Å². The highest BCUT2D eigenvalue weighted by molar-refractivity contribution is 7.89. The Morgan fingerprint density at radius 1 is 1.07 bits per heavy atom. The van der Waals surface area contributed by atoms with Crippen LogP contribution in [0.15, 0.2) is 40.6 Å². The molecule has 1 N–H and O–H groups in total.